The van der Waals surface area contributed by atoms with E-state index in [0.717, 1.165) is 17.2 Å². The highest BCUT2D eigenvalue weighted by Crippen LogP contribution is 2.39. The molecule has 0 aliphatic carbocycles. The molecule has 0 amide bonds. The van der Waals surface area contributed by atoms with Crippen molar-refractivity contribution in [3.8, 4) is 17.2 Å². The van der Waals surface area contributed by atoms with Gasteiger partial charge in [-0.3, -0.25) is 0 Å². The van der Waals surface area contributed by atoms with Crippen molar-refractivity contribution in [2.75, 3.05) is 39.6 Å². The Kier molecular flexibility index (Phi) is 10.7. The molecule has 0 atom stereocenters. The highest BCUT2D eigenvalue weighted by molar-refractivity contribution is 7.41. The lowest BCUT2D eigenvalue weighted by molar-refractivity contribution is 0.115. The quantitative estimate of drug-likeness (QED) is 0.229. The number of hydrogen-bond donors (Lipinski definition) is 0. The summed E-state index contributed by atoms with van der Waals surface area (Å²) in [6.45, 7) is 2.24. The van der Waals surface area contributed by atoms with Crippen LogP contribution in [0.5, 0.6) is 17.2 Å². The maximum absolute atomic E-state index is 5.75. The zero-order valence-electron chi connectivity index (χ0n) is 17.3. The Bertz CT molecular complexity index is 706. The Labute approximate surface area is 184 Å². The van der Waals surface area contributed by atoms with Gasteiger partial charge in [-0.15, -0.1) is 0 Å². The van der Waals surface area contributed by atoms with Crippen molar-refractivity contribution in [2.45, 2.75) is 0 Å². The van der Waals surface area contributed by atoms with Crippen LogP contribution in [0.1, 0.15) is 0 Å². The van der Waals surface area contributed by atoms with Gasteiger partial charge in [0.05, 0.1) is 19.8 Å². The van der Waals surface area contributed by atoms with Gasteiger partial charge in [0.25, 0.3) is 0 Å². The molecule has 0 spiro atoms. The Morgan fingerprint density at radius 3 is 0.968 bits per heavy atom. The van der Waals surface area contributed by atoms with Gasteiger partial charge in [-0.25, -0.2) is 0 Å². The molecule has 0 bridgehead atoms. The van der Waals surface area contributed by atoms with Crippen LogP contribution in [-0.4, -0.2) is 39.6 Å². The molecule has 0 unspecified atom stereocenters. The maximum Gasteiger partial charge on any atom is 0.333 e. The highest BCUT2D eigenvalue weighted by atomic mass is 31.2. The Hall–Kier alpha value is -2.63. The van der Waals surface area contributed by atoms with Gasteiger partial charge in [0.2, 0.25) is 0 Å². The molecule has 0 saturated heterocycles. The van der Waals surface area contributed by atoms with Gasteiger partial charge >= 0.3 is 8.60 Å². The topological polar surface area (TPSA) is 55.4 Å². The molecule has 0 N–H and O–H groups in total. The standard InChI is InChI=1S/C24H27O6P/c1-4-10-22(11-5-1)25-16-19-28-31(29-20-17-26-23-12-6-2-7-13-23)30-21-18-27-24-14-8-3-9-15-24/h1-15H,16-21H2. The predicted molar refractivity (Wildman–Crippen MR) is 121 cm³/mol. The first-order valence-electron chi connectivity index (χ1n) is 10.1. The summed E-state index contributed by atoms with van der Waals surface area (Å²) < 4.78 is 34.2. The Balaban J connectivity index is 1.36. The van der Waals surface area contributed by atoms with Gasteiger partial charge in [0, 0.05) is 0 Å². The normalized spacial score (nSPS) is 10.7. The molecule has 6 nitrogen and oxygen atoms in total. The molecule has 0 aliphatic heterocycles. The van der Waals surface area contributed by atoms with Gasteiger partial charge in [-0.05, 0) is 36.4 Å². The van der Waals surface area contributed by atoms with Crippen LogP contribution in [0.4, 0.5) is 0 Å². The SMILES string of the molecule is c1ccc(OCCOP(OCCOc2ccccc2)OCCOc2ccccc2)cc1. The summed E-state index contributed by atoms with van der Waals surface area (Å²) in [6, 6.07) is 28.8. The minimum atomic E-state index is -1.54. The maximum atomic E-state index is 5.75. The second-order valence-corrected chi connectivity index (χ2v) is 7.43. The molecule has 31 heavy (non-hydrogen) atoms. The summed E-state index contributed by atoms with van der Waals surface area (Å²) in [7, 11) is -1.54. The van der Waals surface area contributed by atoms with Crippen LogP contribution in [0.25, 0.3) is 0 Å². The monoisotopic (exact) mass is 442 g/mol. The van der Waals surface area contributed by atoms with Crippen LogP contribution in [0.2, 0.25) is 0 Å². The summed E-state index contributed by atoms with van der Waals surface area (Å²) in [5, 5.41) is 0. The summed E-state index contributed by atoms with van der Waals surface area (Å²) in [5.74, 6) is 2.39. The molecule has 164 valence electrons. The summed E-state index contributed by atoms with van der Waals surface area (Å²) in [6.07, 6.45) is 0. The number of para-hydroxylation sites is 3. The zero-order valence-corrected chi connectivity index (χ0v) is 18.2. The van der Waals surface area contributed by atoms with Crippen LogP contribution in [-0.2, 0) is 13.6 Å². The van der Waals surface area contributed by atoms with Crippen molar-refractivity contribution in [3.05, 3.63) is 91.0 Å². The second-order valence-electron chi connectivity index (χ2n) is 6.21. The lowest BCUT2D eigenvalue weighted by Crippen LogP contribution is -2.11. The van der Waals surface area contributed by atoms with E-state index in [9.17, 15) is 0 Å². The summed E-state index contributed by atoms with van der Waals surface area (Å²) in [4.78, 5) is 0. The van der Waals surface area contributed by atoms with E-state index in [4.69, 9.17) is 27.8 Å². The van der Waals surface area contributed by atoms with Crippen molar-refractivity contribution in [1.29, 1.82) is 0 Å². The fraction of sp³-hybridized carbons (Fsp3) is 0.250. The molecule has 0 saturated carbocycles. The van der Waals surface area contributed by atoms with E-state index in [0.29, 0.717) is 39.6 Å². The van der Waals surface area contributed by atoms with Gasteiger partial charge in [0.1, 0.15) is 37.1 Å². The fourth-order valence-electron chi connectivity index (χ4n) is 2.48. The lowest BCUT2D eigenvalue weighted by atomic mass is 10.3. The second kappa shape index (κ2) is 14.4. The van der Waals surface area contributed by atoms with E-state index >= 15 is 0 Å². The van der Waals surface area contributed by atoms with Gasteiger partial charge in [-0.2, -0.15) is 0 Å². The van der Waals surface area contributed by atoms with Crippen LogP contribution >= 0.6 is 8.60 Å². The molecule has 0 heterocycles. The molecule has 0 aliphatic rings. The highest BCUT2D eigenvalue weighted by Gasteiger charge is 2.13. The van der Waals surface area contributed by atoms with Gasteiger partial charge in [-0.1, -0.05) is 54.6 Å². The first kappa shape index (κ1) is 23.0. The van der Waals surface area contributed by atoms with Crippen LogP contribution in [0.3, 0.4) is 0 Å². The third kappa shape index (κ3) is 9.81. The molecule has 0 radical (unpaired) electrons. The van der Waals surface area contributed by atoms with Crippen molar-refractivity contribution in [3.63, 3.8) is 0 Å². The van der Waals surface area contributed by atoms with E-state index in [1.807, 2.05) is 91.0 Å². The fourth-order valence-corrected chi connectivity index (χ4v) is 3.37. The third-order valence-electron chi connectivity index (χ3n) is 3.88. The predicted octanol–water partition coefficient (Wildman–Crippen LogP) is 5.50. The molecule has 3 aromatic carbocycles. The van der Waals surface area contributed by atoms with E-state index in [1.54, 1.807) is 0 Å². The molecular weight excluding hydrogens is 415 g/mol. The lowest BCUT2D eigenvalue weighted by Gasteiger charge is -2.17. The molecule has 3 aromatic rings. The van der Waals surface area contributed by atoms with Crippen LogP contribution in [0.15, 0.2) is 91.0 Å². The van der Waals surface area contributed by atoms with E-state index < -0.39 is 8.60 Å². The van der Waals surface area contributed by atoms with Crippen LogP contribution < -0.4 is 14.2 Å². The van der Waals surface area contributed by atoms with E-state index in [-0.39, 0.29) is 0 Å². The number of benzene rings is 3. The molecule has 0 aromatic heterocycles. The number of ether oxygens (including phenoxy) is 3. The Morgan fingerprint density at radius 1 is 0.387 bits per heavy atom. The molecular formula is C24H27O6P. The van der Waals surface area contributed by atoms with Crippen molar-refractivity contribution in [2.24, 2.45) is 0 Å². The van der Waals surface area contributed by atoms with Gasteiger partial charge in [0.15, 0.2) is 0 Å². The molecule has 3 rings (SSSR count). The minimum Gasteiger partial charge on any atom is -0.491 e. The van der Waals surface area contributed by atoms with E-state index in [1.165, 1.54) is 0 Å². The van der Waals surface area contributed by atoms with Gasteiger partial charge < -0.3 is 27.8 Å². The van der Waals surface area contributed by atoms with Crippen molar-refractivity contribution < 1.29 is 27.8 Å². The van der Waals surface area contributed by atoms with Crippen molar-refractivity contribution in [1.82, 2.24) is 0 Å². The first-order chi connectivity index (χ1) is 15.4. The number of rotatable bonds is 15. The van der Waals surface area contributed by atoms with E-state index in [2.05, 4.69) is 0 Å². The average Bonchev–Trinajstić information content (AvgIpc) is 2.83. The largest absolute Gasteiger partial charge is 0.491 e. The number of hydrogen-bond acceptors (Lipinski definition) is 6. The summed E-state index contributed by atoms with van der Waals surface area (Å²) >= 11 is 0. The average molecular weight is 442 g/mol. The minimum absolute atomic E-state index is 0.347. The van der Waals surface area contributed by atoms with Crippen LogP contribution in [0, 0.1) is 0 Å². The zero-order chi connectivity index (χ0) is 21.4. The molecule has 0 fully saturated rings. The summed E-state index contributed by atoms with van der Waals surface area (Å²) in [5.41, 5.74) is 0. The Morgan fingerprint density at radius 2 is 0.677 bits per heavy atom. The smallest absolute Gasteiger partial charge is 0.333 e. The first-order valence-corrected chi connectivity index (χ1v) is 11.2. The van der Waals surface area contributed by atoms with Crippen molar-refractivity contribution >= 4 is 8.60 Å². The third-order valence-corrected chi connectivity index (χ3v) is 5.06. The molecule has 7 heteroatoms.